The molecule has 2 saturated heterocycles. The fraction of sp³-hybridized carbons (Fsp3) is 0.538. The van der Waals surface area contributed by atoms with E-state index in [0.29, 0.717) is 36.0 Å². The first-order chi connectivity index (χ1) is 17.6. The minimum absolute atomic E-state index is 0.271. The van der Waals surface area contributed by atoms with E-state index in [4.69, 9.17) is 9.47 Å². The lowest BCUT2D eigenvalue weighted by molar-refractivity contribution is 0.0499. The Hall–Kier alpha value is -3.24. The fourth-order valence-electron chi connectivity index (χ4n) is 4.99. The number of benzene rings is 1. The van der Waals surface area contributed by atoms with Crippen LogP contribution in [0.1, 0.15) is 42.6 Å². The van der Waals surface area contributed by atoms with E-state index < -0.39 is 0 Å². The average molecular weight is 492 g/mol. The summed E-state index contributed by atoms with van der Waals surface area (Å²) < 4.78 is 13.4. The molecule has 4 heterocycles. The molecule has 190 valence electrons. The predicted octanol–water partition coefficient (Wildman–Crippen LogP) is 2.75. The van der Waals surface area contributed by atoms with Crippen LogP contribution in [0.15, 0.2) is 30.7 Å². The molecule has 10 nitrogen and oxygen atoms in total. The molecule has 3 aliphatic rings. The molecular formula is C26H33N7O3. The second kappa shape index (κ2) is 10.0. The van der Waals surface area contributed by atoms with Crippen LogP contribution in [0.3, 0.4) is 0 Å². The van der Waals surface area contributed by atoms with E-state index in [2.05, 4.69) is 30.6 Å². The Balaban J connectivity index is 1.14. The summed E-state index contributed by atoms with van der Waals surface area (Å²) in [6, 6.07) is 4.99. The third-order valence-electron chi connectivity index (χ3n) is 7.22. The zero-order valence-corrected chi connectivity index (χ0v) is 20.7. The minimum Gasteiger partial charge on any atom is -0.491 e. The smallest absolute Gasteiger partial charge is 0.275 e. The Kier molecular flexibility index (Phi) is 6.45. The van der Waals surface area contributed by atoms with Crippen molar-refractivity contribution in [2.45, 2.75) is 44.2 Å². The van der Waals surface area contributed by atoms with Gasteiger partial charge < -0.3 is 25.0 Å². The van der Waals surface area contributed by atoms with Gasteiger partial charge >= 0.3 is 0 Å². The molecule has 0 spiro atoms. The Morgan fingerprint density at radius 1 is 1.11 bits per heavy atom. The molecule has 2 aliphatic heterocycles. The maximum absolute atomic E-state index is 13.1. The zero-order valence-electron chi connectivity index (χ0n) is 20.7. The molecule has 3 fully saturated rings. The second-order valence-electron chi connectivity index (χ2n) is 10.2. The lowest BCUT2D eigenvalue weighted by Gasteiger charge is -2.23. The van der Waals surface area contributed by atoms with Crippen LogP contribution in [-0.2, 0) is 11.8 Å². The molecule has 0 bridgehead atoms. The van der Waals surface area contributed by atoms with Crippen molar-refractivity contribution in [2.75, 3.05) is 43.1 Å². The van der Waals surface area contributed by atoms with Crippen LogP contribution in [0, 0.1) is 5.92 Å². The van der Waals surface area contributed by atoms with Crippen molar-refractivity contribution in [3.63, 3.8) is 0 Å². The normalized spacial score (nSPS) is 20.7. The number of amides is 1. The van der Waals surface area contributed by atoms with Gasteiger partial charge in [-0.3, -0.25) is 9.48 Å². The largest absolute Gasteiger partial charge is 0.491 e. The van der Waals surface area contributed by atoms with Crippen molar-refractivity contribution in [1.82, 2.24) is 25.1 Å². The quantitative estimate of drug-likeness (QED) is 0.496. The molecule has 0 unspecified atom stereocenters. The van der Waals surface area contributed by atoms with E-state index in [9.17, 15) is 4.79 Å². The van der Waals surface area contributed by atoms with Crippen LogP contribution in [0.25, 0.3) is 10.9 Å². The summed E-state index contributed by atoms with van der Waals surface area (Å²) in [7, 11) is 1.88. The summed E-state index contributed by atoms with van der Waals surface area (Å²) in [6.45, 7) is 3.98. The number of aryl methyl sites for hydroxylation is 1. The highest BCUT2D eigenvalue weighted by molar-refractivity contribution is 6.04. The topological polar surface area (TPSA) is 106 Å². The van der Waals surface area contributed by atoms with Gasteiger partial charge in [0.2, 0.25) is 0 Å². The number of anilines is 2. The fourth-order valence-corrected chi connectivity index (χ4v) is 4.99. The highest BCUT2D eigenvalue weighted by Crippen LogP contribution is 2.31. The maximum Gasteiger partial charge on any atom is 0.275 e. The van der Waals surface area contributed by atoms with E-state index in [0.717, 1.165) is 62.3 Å². The van der Waals surface area contributed by atoms with E-state index >= 15 is 0 Å². The van der Waals surface area contributed by atoms with E-state index in [1.165, 1.54) is 12.8 Å². The Morgan fingerprint density at radius 2 is 1.97 bits per heavy atom. The van der Waals surface area contributed by atoms with Gasteiger partial charge in [-0.2, -0.15) is 5.10 Å². The van der Waals surface area contributed by atoms with Crippen molar-refractivity contribution in [1.29, 1.82) is 0 Å². The average Bonchev–Trinajstić information content (AvgIpc) is 3.45. The number of hydrogen-bond acceptors (Lipinski definition) is 8. The number of fused-ring (bicyclic) bond motifs is 1. The summed E-state index contributed by atoms with van der Waals surface area (Å²) in [4.78, 5) is 24.3. The van der Waals surface area contributed by atoms with Gasteiger partial charge in [0.05, 0.1) is 30.2 Å². The molecule has 6 rings (SSSR count). The van der Waals surface area contributed by atoms with Crippen LogP contribution in [0.4, 0.5) is 11.5 Å². The van der Waals surface area contributed by atoms with Crippen molar-refractivity contribution >= 4 is 28.3 Å². The van der Waals surface area contributed by atoms with Crippen LogP contribution >= 0.6 is 0 Å². The van der Waals surface area contributed by atoms with Gasteiger partial charge in [-0.05, 0) is 44.1 Å². The molecular weight excluding hydrogens is 458 g/mol. The zero-order chi connectivity index (χ0) is 24.5. The van der Waals surface area contributed by atoms with Crippen molar-refractivity contribution in [3.8, 4) is 5.75 Å². The molecule has 2 N–H and O–H groups in total. The minimum atomic E-state index is -0.317. The van der Waals surface area contributed by atoms with Gasteiger partial charge in [-0.15, -0.1) is 0 Å². The standard InChI is InChI=1S/C26H33N7O3/c1-32-14-18-10-22(24(11-21(18)31-32)36-16-17-5-8-35-9-6-17)30-26(34)23-12-28-25(13-27-23)33-7-4-20(15-33)29-19-2-3-19/h10-14,17,19-20,29H,2-9,15-16H2,1H3,(H,30,34)/t20-/m0/s1. The predicted molar refractivity (Wildman–Crippen MR) is 137 cm³/mol. The summed E-state index contributed by atoms with van der Waals surface area (Å²) in [5.74, 6) is 1.54. The monoisotopic (exact) mass is 491 g/mol. The number of ether oxygens (including phenoxy) is 2. The van der Waals surface area contributed by atoms with Crippen LogP contribution in [0.2, 0.25) is 0 Å². The Labute approximate surface area is 210 Å². The van der Waals surface area contributed by atoms with E-state index in [1.54, 1.807) is 17.1 Å². The summed E-state index contributed by atoms with van der Waals surface area (Å²) in [6.07, 6.45) is 10.8. The maximum atomic E-state index is 13.1. The van der Waals surface area contributed by atoms with E-state index in [-0.39, 0.29) is 11.6 Å². The highest BCUT2D eigenvalue weighted by atomic mass is 16.5. The first-order valence-corrected chi connectivity index (χ1v) is 12.9. The third-order valence-corrected chi connectivity index (χ3v) is 7.22. The lowest BCUT2D eigenvalue weighted by Crippen LogP contribution is -2.34. The van der Waals surface area contributed by atoms with E-state index in [1.807, 2.05) is 25.4 Å². The lowest BCUT2D eigenvalue weighted by atomic mass is 10.0. The summed E-state index contributed by atoms with van der Waals surface area (Å²) in [5, 5.41) is 12.1. The number of carbonyl (C=O) groups is 1. The molecule has 3 aromatic rings. The molecule has 2 aromatic heterocycles. The first-order valence-electron chi connectivity index (χ1n) is 12.9. The molecule has 1 atom stereocenters. The molecule has 1 aliphatic carbocycles. The van der Waals surface area contributed by atoms with Crippen molar-refractivity contribution < 1.29 is 14.3 Å². The number of aromatic nitrogens is 4. The number of carbonyl (C=O) groups excluding carboxylic acids is 1. The van der Waals surface area contributed by atoms with Gasteiger partial charge in [-0.25, -0.2) is 9.97 Å². The molecule has 36 heavy (non-hydrogen) atoms. The van der Waals surface area contributed by atoms with Crippen LogP contribution < -0.4 is 20.3 Å². The van der Waals surface area contributed by atoms with Gasteiger partial charge in [0.25, 0.3) is 5.91 Å². The first kappa shape index (κ1) is 23.2. The molecule has 1 aromatic carbocycles. The van der Waals surface area contributed by atoms with Gasteiger partial charge in [-0.1, -0.05) is 0 Å². The second-order valence-corrected chi connectivity index (χ2v) is 10.2. The SMILES string of the molecule is Cn1cc2cc(NC(=O)c3cnc(N4CC[C@H](NC5CC5)C4)cn3)c(OCC3CCOCC3)cc2n1. The molecule has 1 amide bonds. The van der Waals surface area contributed by atoms with Gasteiger partial charge in [0.15, 0.2) is 0 Å². The molecule has 1 saturated carbocycles. The number of nitrogens with zero attached hydrogens (tertiary/aromatic N) is 5. The molecule has 10 heteroatoms. The third kappa shape index (κ3) is 5.29. The van der Waals surface area contributed by atoms with Gasteiger partial charge in [0.1, 0.15) is 17.3 Å². The summed E-state index contributed by atoms with van der Waals surface area (Å²) >= 11 is 0. The summed E-state index contributed by atoms with van der Waals surface area (Å²) in [5.41, 5.74) is 1.70. The van der Waals surface area contributed by atoms with Gasteiger partial charge in [0, 0.05) is 63.1 Å². The highest BCUT2D eigenvalue weighted by Gasteiger charge is 2.30. The Morgan fingerprint density at radius 3 is 2.75 bits per heavy atom. The number of hydrogen-bond donors (Lipinski definition) is 2. The number of nitrogens with one attached hydrogen (secondary N) is 2. The van der Waals surface area contributed by atoms with Crippen LogP contribution in [-0.4, -0.2) is 70.6 Å². The van der Waals surface area contributed by atoms with Crippen LogP contribution in [0.5, 0.6) is 5.75 Å². The number of rotatable bonds is 8. The molecule has 0 radical (unpaired) electrons. The van der Waals surface area contributed by atoms with Crippen molar-refractivity contribution in [2.24, 2.45) is 13.0 Å². The Bertz CT molecular complexity index is 1220. The van der Waals surface area contributed by atoms with Crippen molar-refractivity contribution in [3.05, 3.63) is 36.4 Å².